The standard InChI is InChI=1S/C17H27BN2O4S/c1-12-13(9-14(18(22)23)10-15(12)25)11-19-5-7-20(8-6-19)16(21)24-17(2,3)4/h9-10,22-23,25H,5-8,11H2,1-4H3. The van der Waals surface area contributed by atoms with Gasteiger partial charge in [-0.3, -0.25) is 4.90 Å². The molecule has 0 saturated carbocycles. The van der Waals surface area contributed by atoms with E-state index in [2.05, 4.69) is 17.5 Å². The zero-order chi connectivity index (χ0) is 18.8. The number of thiol groups is 1. The molecule has 25 heavy (non-hydrogen) atoms. The third-order valence-corrected chi connectivity index (χ3v) is 4.69. The van der Waals surface area contributed by atoms with Crippen LogP contribution in [0, 0.1) is 6.92 Å². The molecule has 1 aromatic rings. The van der Waals surface area contributed by atoms with Crippen molar-refractivity contribution in [2.24, 2.45) is 0 Å². The Hall–Kier alpha value is -1.22. The summed E-state index contributed by atoms with van der Waals surface area (Å²) in [5, 5.41) is 18.8. The van der Waals surface area contributed by atoms with Gasteiger partial charge in [-0.1, -0.05) is 6.07 Å². The van der Waals surface area contributed by atoms with Gasteiger partial charge in [0.2, 0.25) is 0 Å². The van der Waals surface area contributed by atoms with E-state index >= 15 is 0 Å². The Morgan fingerprint density at radius 2 is 1.84 bits per heavy atom. The van der Waals surface area contributed by atoms with Crippen LogP contribution in [-0.2, 0) is 11.3 Å². The first kappa shape index (κ1) is 20.1. The van der Waals surface area contributed by atoms with Crippen molar-refractivity contribution in [1.82, 2.24) is 9.80 Å². The minimum atomic E-state index is -1.51. The van der Waals surface area contributed by atoms with Crippen molar-refractivity contribution in [3.63, 3.8) is 0 Å². The number of amides is 1. The van der Waals surface area contributed by atoms with Crippen molar-refractivity contribution < 1.29 is 19.6 Å². The molecule has 1 saturated heterocycles. The highest BCUT2D eigenvalue weighted by atomic mass is 32.1. The Balaban J connectivity index is 1.97. The second-order valence-electron chi connectivity index (χ2n) is 7.44. The summed E-state index contributed by atoms with van der Waals surface area (Å²) in [4.78, 5) is 16.8. The normalized spacial score (nSPS) is 16.0. The second kappa shape index (κ2) is 7.99. The Kier molecular flexibility index (Phi) is 6.43. The summed E-state index contributed by atoms with van der Waals surface area (Å²) < 4.78 is 5.41. The van der Waals surface area contributed by atoms with E-state index < -0.39 is 12.7 Å². The molecule has 6 nitrogen and oxygen atoms in total. The van der Waals surface area contributed by atoms with Crippen LogP contribution < -0.4 is 5.46 Å². The SMILES string of the molecule is Cc1c(S)cc(B(O)O)cc1CN1CCN(C(=O)OC(C)(C)C)CC1. The average molecular weight is 366 g/mol. The molecular weight excluding hydrogens is 339 g/mol. The van der Waals surface area contributed by atoms with Crippen LogP contribution in [0.2, 0.25) is 0 Å². The number of hydrogen-bond acceptors (Lipinski definition) is 6. The maximum Gasteiger partial charge on any atom is 0.488 e. The molecule has 1 aromatic carbocycles. The topological polar surface area (TPSA) is 73.2 Å². The van der Waals surface area contributed by atoms with E-state index in [4.69, 9.17) is 4.74 Å². The van der Waals surface area contributed by atoms with Gasteiger partial charge in [-0.05, 0) is 50.4 Å². The first-order valence-electron chi connectivity index (χ1n) is 8.45. The number of rotatable bonds is 3. The zero-order valence-corrected chi connectivity index (χ0v) is 16.2. The van der Waals surface area contributed by atoms with Crippen LogP contribution in [-0.4, -0.2) is 64.8 Å². The maximum atomic E-state index is 12.1. The first-order valence-corrected chi connectivity index (χ1v) is 8.90. The van der Waals surface area contributed by atoms with Crippen LogP contribution in [0.5, 0.6) is 0 Å². The van der Waals surface area contributed by atoms with Crippen LogP contribution >= 0.6 is 12.6 Å². The molecule has 138 valence electrons. The van der Waals surface area contributed by atoms with Gasteiger partial charge in [-0.2, -0.15) is 0 Å². The van der Waals surface area contributed by atoms with E-state index in [0.29, 0.717) is 25.1 Å². The fraction of sp³-hybridized carbons (Fsp3) is 0.588. The van der Waals surface area contributed by atoms with E-state index in [-0.39, 0.29) is 6.09 Å². The van der Waals surface area contributed by atoms with E-state index in [0.717, 1.165) is 29.1 Å². The Morgan fingerprint density at radius 1 is 1.24 bits per heavy atom. The molecule has 1 aliphatic heterocycles. The van der Waals surface area contributed by atoms with Crippen molar-refractivity contribution in [3.8, 4) is 0 Å². The van der Waals surface area contributed by atoms with Gasteiger partial charge < -0.3 is 19.7 Å². The van der Waals surface area contributed by atoms with Gasteiger partial charge in [0.1, 0.15) is 5.60 Å². The van der Waals surface area contributed by atoms with E-state index in [1.165, 1.54) is 0 Å². The summed E-state index contributed by atoms with van der Waals surface area (Å²) in [7, 11) is -1.51. The summed E-state index contributed by atoms with van der Waals surface area (Å²) in [5.74, 6) is 0. The summed E-state index contributed by atoms with van der Waals surface area (Å²) in [6.45, 7) is 11.0. The van der Waals surface area contributed by atoms with Crippen molar-refractivity contribution in [2.75, 3.05) is 26.2 Å². The number of ether oxygens (including phenoxy) is 1. The molecule has 2 rings (SSSR count). The number of carbonyl (C=O) groups is 1. The number of benzene rings is 1. The summed E-state index contributed by atoms with van der Waals surface area (Å²) in [6.07, 6.45) is -0.272. The summed E-state index contributed by atoms with van der Waals surface area (Å²) >= 11 is 4.42. The molecule has 1 amide bonds. The van der Waals surface area contributed by atoms with Gasteiger partial charge in [-0.15, -0.1) is 12.6 Å². The molecule has 1 fully saturated rings. The summed E-state index contributed by atoms with van der Waals surface area (Å²) in [5.41, 5.74) is 2.00. The number of hydrogen-bond donors (Lipinski definition) is 3. The van der Waals surface area contributed by atoms with Crippen LogP contribution in [0.4, 0.5) is 4.79 Å². The fourth-order valence-electron chi connectivity index (χ4n) is 2.75. The van der Waals surface area contributed by atoms with Gasteiger partial charge in [0.25, 0.3) is 0 Å². The number of nitrogens with zero attached hydrogens (tertiary/aromatic N) is 2. The first-order chi connectivity index (χ1) is 11.6. The lowest BCUT2D eigenvalue weighted by Gasteiger charge is -2.35. The van der Waals surface area contributed by atoms with Gasteiger partial charge in [0.15, 0.2) is 0 Å². The monoisotopic (exact) mass is 366 g/mol. The molecule has 8 heteroatoms. The molecule has 1 aliphatic rings. The highest BCUT2D eigenvalue weighted by Gasteiger charge is 2.26. The Morgan fingerprint density at radius 3 is 2.36 bits per heavy atom. The highest BCUT2D eigenvalue weighted by Crippen LogP contribution is 2.19. The number of piperazine rings is 1. The van der Waals surface area contributed by atoms with Crippen molar-refractivity contribution in [3.05, 3.63) is 23.3 Å². The van der Waals surface area contributed by atoms with Gasteiger partial charge in [0.05, 0.1) is 0 Å². The van der Waals surface area contributed by atoms with E-state index in [1.54, 1.807) is 17.0 Å². The van der Waals surface area contributed by atoms with Gasteiger partial charge >= 0.3 is 13.2 Å². The van der Waals surface area contributed by atoms with Crippen LogP contribution in [0.3, 0.4) is 0 Å². The maximum absolute atomic E-state index is 12.1. The quantitative estimate of drug-likeness (QED) is 0.550. The van der Waals surface area contributed by atoms with Crippen LogP contribution in [0.25, 0.3) is 0 Å². The molecule has 0 atom stereocenters. The highest BCUT2D eigenvalue weighted by molar-refractivity contribution is 7.80. The lowest BCUT2D eigenvalue weighted by Crippen LogP contribution is -2.49. The molecule has 0 spiro atoms. The predicted octanol–water partition coefficient (Wildman–Crippen LogP) is 1.02. The third-order valence-electron chi connectivity index (χ3n) is 4.23. The van der Waals surface area contributed by atoms with Crippen LogP contribution in [0.15, 0.2) is 17.0 Å². The molecule has 2 N–H and O–H groups in total. The largest absolute Gasteiger partial charge is 0.488 e. The molecular formula is C17H27BN2O4S. The predicted molar refractivity (Wildman–Crippen MR) is 101 cm³/mol. The van der Waals surface area contributed by atoms with E-state index in [1.807, 2.05) is 27.7 Å². The lowest BCUT2D eigenvalue weighted by atomic mass is 9.79. The van der Waals surface area contributed by atoms with Gasteiger partial charge in [0, 0.05) is 37.6 Å². The fourth-order valence-corrected chi connectivity index (χ4v) is 3.04. The van der Waals surface area contributed by atoms with Crippen molar-refractivity contribution >= 4 is 31.3 Å². The van der Waals surface area contributed by atoms with E-state index in [9.17, 15) is 14.8 Å². The molecule has 0 aliphatic carbocycles. The van der Waals surface area contributed by atoms with Crippen LogP contribution in [0.1, 0.15) is 31.9 Å². The smallest absolute Gasteiger partial charge is 0.444 e. The van der Waals surface area contributed by atoms with Gasteiger partial charge in [-0.25, -0.2) is 4.79 Å². The Labute approximate surface area is 155 Å². The Bertz CT molecular complexity index is 626. The minimum absolute atomic E-state index is 0.272. The zero-order valence-electron chi connectivity index (χ0n) is 15.3. The minimum Gasteiger partial charge on any atom is -0.444 e. The molecule has 0 bridgehead atoms. The molecule has 1 heterocycles. The molecule has 0 aromatic heterocycles. The summed E-state index contributed by atoms with van der Waals surface area (Å²) in [6, 6.07) is 3.48. The lowest BCUT2D eigenvalue weighted by molar-refractivity contribution is 0.0139. The molecule has 0 unspecified atom stereocenters. The number of carbonyl (C=O) groups excluding carboxylic acids is 1. The van der Waals surface area contributed by atoms with Crippen molar-refractivity contribution in [1.29, 1.82) is 0 Å². The third kappa shape index (κ3) is 5.64. The molecule has 0 radical (unpaired) electrons. The van der Waals surface area contributed by atoms with Crippen molar-refractivity contribution in [2.45, 2.75) is 44.7 Å². The average Bonchev–Trinajstić information content (AvgIpc) is 2.50. The second-order valence-corrected chi connectivity index (χ2v) is 7.92.